The number of halogens is 1. The lowest BCUT2D eigenvalue weighted by Gasteiger charge is -2.25. The Morgan fingerprint density at radius 1 is 1.12 bits per heavy atom. The standard InChI is InChI=1S/C6H11IS/c7-6(8)4-2-1-3-5-6/h8H,1-5H2. The van der Waals surface area contributed by atoms with E-state index in [0.29, 0.717) is 2.75 Å². The van der Waals surface area contributed by atoms with Crippen molar-refractivity contribution in [2.75, 3.05) is 0 Å². The van der Waals surface area contributed by atoms with Gasteiger partial charge in [-0.15, -0.1) is 0 Å². The lowest BCUT2D eigenvalue weighted by molar-refractivity contribution is 0.506. The van der Waals surface area contributed by atoms with Gasteiger partial charge in [-0.05, 0) is 12.8 Å². The van der Waals surface area contributed by atoms with Gasteiger partial charge >= 0.3 is 0 Å². The zero-order chi connectivity index (χ0) is 6.04. The molecule has 1 fully saturated rings. The molecule has 0 saturated heterocycles. The summed E-state index contributed by atoms with van der Waals surface area (Å²) in [4.78, 5) is 0. The first-order valence-corrected chi connectivity index (χ1v) is 4.65. The van der Waals surface area contributed by atoms with Crippen molar-refractivity contribution < 1.29 is 0 Å². The molecule has 0 heterocycles. The van der Waals surface area contributed by atoms with Crippen molar-refractivity contribution in [2.24, 2.45) is 0 Å². The summed E-state index contributed by atoms with van der Waals surface area (Å²) in [6.07, 6.45) is 6.79. The summed E-state index contributed by atoms with van der Waals surface area (Å²) in [6.45, 7) is 0. The van der Waals surface area contributed by atoms with Gasteiger partial charge in [-0.1, -0.05) is 41.9 Å². The predicted molar refractivity (Wildman–Crippen MR) is 48.8 cm³/mol. The van der Waals surface area contributed by atoms with Crippen LogP contribution in [-0.2, 0) is 0 Å². The second kappa shape index (κ2) is 2.78. The molecule has 0 nitrogen and oxygen atoms in total. The molecule has 2 heteroatoms. The third kappa shape index (κ3) is 2.13. The molecule has 0 unspecified atom stereocenters. The van der Waals surface area contributed by atoms with Gasteiger partial charge in [0, 0.05) is 0 Å². The van der Waals surface area contributed by atoms with Gasteiger partial charge in [0.1, 0.15) is 0 Å². The van der Waals surface area contributed by atoms with Crippen LogP contribution < -0.4 is 0 Å². The van der Waals surface area contributed by atoms with E-state index in [1.54, 1.807) is 0 Å². The predicted octanol–water partition coefficient (Wildman–Crippen LogP) is 3.01. The normalized spacial score (nSPS) is 27.8. The molecule has 0 atom stereocenters. The van der Waals surface area contributed by atoms with Gasteiger partial charge in [-0.3, -0.25) is 0 Å². The Morgan fingerprint density at radius 3 is 1.88 bits per heavy atom. The summed E-state index contributed by atoms with van der Waals surface area (Å²) in [5.41, 5.74) is 0. The second-order valence-corrected chi connectivity index (χ2v) is 6.25. The molecule has 0 aromatic rings. The summed E-state index contributed by atoms with van der Waals surface area (Å²) in [5, 5.41) is 0. The topological polar surface area (TPSA) is 0 Å². The van der Waals surface area contributed by atoms with E-state index in [4.69, 9.17) is 0 Å². The molecular formula is C6H11IS. The fourth-order valence-electron chi connectivity index (χ4n) is 1.09. The molecule has 8 heavy (non-hydrogen) atoms. The van der Waals surface area contributed by atoms with Crippen LogP contribution in [0.15, 0.2) is 0 Å². The van der Waals surface area contributed by atoms with Crippen LogP contribution >= 0.6 is 35.2 Å². The number of hydrogen-bond donors (Lipinski definition) is 1. The smallest absolute Gasteiger partial charge is 0.0643 e. The zero-order valence-electron chi connectivity index (χ0n) is 4.86. The summed E-state index contributed by atoms with van der Waals surface area (Å²) in [7, 11) is 0. The number of alkyl halides is 1. The van der Waals surface area contributed by atoms with Crippen LogP contribution in [0.3, 0.4) is 0 Å². The maximum Gasteiger partial charge on any atom is 0.0643 e. The highest BCUT2D eigenvalue weighted by Gasteiger charge is 2.23. The minimum absolute atomic E-state index is 0.343. The molecule has 0 radical (unpaired) electrons. The number of thiol groups is 1. The third-order valence-electron chi connectivity index (χ3n) is 1.62. The second-order valence-electron chi connectivity index (χ2n) is 2.48. The molecule has 0 aliphatic heterocycles. The summed E-state index contributed by atoms with van der Waals surface area (Å²) in [6, 6.07) is 0. The highest BCUT2D eigenvalue weighted by atomic mass is 127. The average Bonchev–Trinajstić information content (AvgIpc) is 1.65. The van der Waals surface area contributed by atoms with Crippen molar-refractivity contribution in [2.45, 2.75) is 34.9 Å². The summed E-state index contributed by atoms with van der Waals surface area (Å²) in [5.74, 6) is 0. The maximum atomic E-state index is 4.50. The highest BCUT2D eigenvalue weighted by Crippen LogP contribution is 2.39. The van der Waals surface area contributed by atoms with Crippen LogP contribution in [0.2, 0.25) is 0 Å². The van der Waals surface area contributed by atoms with E-state index in [0.717, 1.165) is 0 Å². The molecule has 1 saturated carbocycles. The Balaban J connectivity index is 2.33. The fraction of sp³-hybridized carbons (Fsp3) is 1.00. The molecule has 0 aromatic carbocycles. The van der Waals surface area contributed by atoms with Crippen LogP contribution in [0, 0.1) is 0 Å². The third-order valence-corrected chi connectivity index (χ3v) is 3.15. The lowest BCUT2D eigenvalue weighted by Crippen LogP contribution is -2.15. The van der Waals surface area contributed by atoms with E-state index >= 15 is 0 Å². The average molecular weight is 242 g/mol. The Kier molecular flexibility index (Phi) is 2.49. The SMILES string of the molecule is SC1(I)CCCCC1. The molecule has 48 valence electrons. The van der Waals surface area contributed by atoms with Gasteiger partial charge in [-0.2, -0.15) is 12.6 Å². The van der Waals surface area contributed by atoms with Crippen molar-refractivity contribution in [3.05, 3.63) is 0 Å². The first-order valence-electron chi connectivity index (χ1n) is 3.12. The number of rotatable bonds is 0. The quantitative estimate of drug-likeness (QED) is 0.377. The van der Waals surface area contributed by atoms with E-state index in [-0.39, 0.29) is 0 Å². The van der Waals surface area contributed by atoms with Crippen LogP contribution in [0.25, 0.3) is 0 Å². The van der Waals surface area contributed by atoms with E-state index < -0.39 is 0 Å². The van der Waals surface area contributed by atoms with E-state index in [9.17, 15) is 0 Å². The van der Waals surface area contributed by atoms with Gasteiger partial charge in [-0.25, -0.2) is 0 Å². The zero-order valence-corrected chi connectivity index (χ0v) is 7.91. The molecule has 0 N–H and O–H groups in total. The van der Waals surface area contributed by atoms with Gasteiger partial charge in [0.2, 0.25) is 0 Å². The van der Waals surface area contributed by atoms with Gasteiger partial charge in [0.15, 0.2) is 0 Å². The highest BCUT2D eigenvalue weighted by molar-refractivity contribution is 14.1. The van der Waals surface area contributed by atoms with E-state index in [1.807, 2.05) is 0 Å². The summed E-state index contributed by atoms with van der Waals surface area (Å²) < 4.78 is 0.343. The molecule has 1 rings (SSSR count). The van der Waals surface area contributed by atoms with Crippen molar-refractivity contribution >= 4 is 35.2 Å². The molecular weight excluding hydrogens is 231 g/mol. The monoisotopic (exact) mass is 242 g/mol. The first kappa shape index (κ1) is 7.19. The Morgan fingerprint density at radius 2 is 1.62 bits per heavy atom. The first-order chi connectivity index (χ1) is 3.71. The minimum atomic E-state index is 0.343. The van der Waals surface area contributed by atoms with Crippen molar-refractivity contribution in [1.82, 2.24) is 0 Å². The van der Waals surface area contributed by atoms with Crippen molar-refractivity contribution in [3.63, 3.8) is 0 Å². The molecule has 0 spiro atoms. The Bertz CT molecular complexity index is 72.6. The minimum Gasteiger partial charge on any atom is -0.162 e. The van der Waals surface area contributed by atoms with Crippen molar-refractivity contribution in [1.29, 1.82) is 0 Å². The molecule has 0 aromatic heterocycles. The molecule has 1 aliphatic carbocycles. The fourth-order valence-corrected chi connectivity index (χ4v) is 2.17. The van der Waals surface area contributed by atoms with Crippen LogP contribution in [0.5, 0.6) is 0 Å². The van der Waals surface area contributed by atoms with Crippen molar-refractivity contribution in [3.8, 4) is 0 Å². The largest absolute Gasteiger partial charge is 0.162 e. The summed E-state index contributed by atoms with van der Waals surface area (Å²) >= 11 is 6.96. The number of hydrogen-bond acceptors (Lipinski definition) is 1. The van der Waals surface area contributed by atoms with E-state index in [2.05, 4.69) is 35.2 Å². The van der Waals surface area contributed by atoms with Gasteiger partial charge in [0.25, 0.3) is 0 Å². The van der Waals surface area contributed by atoms with E-state index in [1.165, 1.54) is 32.1 Å². The van der Waals surface area contributed by atoms with Gasteiger partial charge < -0.3 is 0 Å². The Hall–Kier alpha value is 1.08. The van der Waals surface area contributed by atoms with Gasteiger partial charge in [0.05, 0.1) is 2.75 Å². The van der Waals surface area contributed by atoms with Crippen LogP contribution in [0.1, 0.15) is 32.1 Å². The lowest BCUT2D eigenvalue weighted by atomic mass is 10.0. The maximum absolute atomic E-state index is 4.50. The molecule has 1 aliphatic rings. The Labute approximate surface area is 70.0 Å². The molecule has 0 bridgehead atoms. The molecule has 0 amide bonds. The van der Waals surface area contributed by atoms with Crippen LogP contribution in [0.4, 0.5) is 0 Å². The van der Waals surface area contributed by atoms with Crippen LogP contribution in [-0.4, -0.2) is 2.75 Å².